The van der Waals surface area contributed by atoms with E-state index in [-0.39, 0.29) is 11.6 Å². The molecule has 0 aromatic heterocycles. The van der Waals surface area contributed by atoms with Gasteiger partial charge in [0, 0.05) is 12.0 Å². The van der Waals surface area contributed by atoms with Crippen molar-refractivity contribution in [2.24, 2.45) is 5.92 Å². The molecule has 2 rings (SSSR count). The van der Waals surface area contributed by atoms with Crippen LogP contribution in [0.15, 0.2) is 18.2 Å². The van der Waals surface area contributed by atoms with E-state index in [1.54, 1.807) is 19.1 Å². The molecule has 0 unspecified atom stereocenters. The largest absolute Gasteiger partial charge is 0.294 e. The average molecular weight is 234 g/mol. The van der Waals surface area contributed by atoms with Gasteiger partial charge in [-0.15, -0.1) is 0 Å². The highest BCUT2D eigenvalue weighted by Crippen LogP contribution is 2.27. The quantitative estimate of drug-likeness (QED) is 0.713. The monoisotopic (exact) mass is 234 g/mol. The standard InChI is InChI=1S/C15H19FO/c1-11-9-13(7-8-14(11)16)15(17)10-12-5-3-2-4-6-12/h7-9,12H,2-6,10H2,1H3. The third-order valence-corrected chi connectivity index (χ3v) is 3.68. The molecule has 0 spiro atoms. The number of aryl methyl sites for hydroxylation is 1. The lowest BCUT2D eigenvalue weighted by atomic mass is 9.84. The molecule has 1 nitrogen and oxygen atoms in total. The van der Waals surface area contributed by atoms with Crippen LogP contribution in [0.25, 0.3) is 0 Å². The molecule has 0 aliphatic heterocycles. The summed E-state index contributed by atoms with van der Waals surface area (Å²) in [6.45, 7) is 1.70. The first-order chi connectivity index (χ1) is 8.16. The second kappa shape index (κ2) is 5.44. The fourth-order valence-corrected chi connectivity index (χ4v) is 2.59. The van der Waals surface area contributed by atoms with E-state index in [4.69, 9.17) is 0 Å². The molecule has 1 aliphatic rings. The Bertz CT molecular complexity index is 405. The zero-order valence-corrected chi connectivity index (χ0v) is 10.3. The highest BCUT2D eigenvalue weighted by Gasteiger charge is 2.18. The van der Waals surface area contributed by atoms with Gasteiger partial charge in [-0.1, -0.05) is 32.1 Å². The summed E-state index contributed by atoms with van der Waals surface area (Å²) in [7, 11) is 0. The Morgan fingerprint density at radius 1 is 1.29 bits per heavy atom. The van der Waals surface area contributed by atoms with Crippen LogP contribution in [0, 0.1) is 18.7 Å². The molecule has 1 saturated carbocycles. The summed E-state index contributed by atoms with van der Waals surface area (Å²) in [5.41, 5.74) is 1.22. The molecule has 17 heavy (non-hydrogen) atoms. The predicted molar refractivity (Wildman–Crippen MR) is 66.7 cm³/mol. The molecule has 1 aromatic carbocycles. The van der Waals surface area contributed by atoms with Crippen LogP contribution in [0.3, 0.4) is 0 Å². The summed E-state index contributed by atoms with van der Waals surface area (Å²) in [5, 5.41) is 0. The molecule has 0 atom stereocenters. The molecule has 1 aromatic rings. The lowest BCUT2D eigenvalue weighted by Gasteiger charge is -2.20. The number of halogens is 1. The molecular formula is C15H19FO. The molecule has 1 fully saturated rings. The number of hydrogen-bond acceptors (Lipinski definition) is 1. The average Bonchev–Trinajstić information content (AvgIpc) is 2.34. The van der Waals surface area contributed by atoms with Crippen molar-refractivity contribution in [1.29, 1.82) is 0 Å². The summed E-state index contributed by atoms with van der Waals surface area (Å²) in [6, 6.07) is 4.66. The fourth-order valence-electron chi connectivity index (χ4n) is 2.59. The minimum absolute atomic E-state index is 0.167. The molecule has 0 N–H and O–H groups in total. The lowest BCUT2D eigenvalue weighted by Crippen LogP contribution is -2.12. The topological polar surface area (TPSA) is 17.1 Å². The lowest BCUT2D eigenvalue weighted by molar-refractivity contribution is 0.0950. The van der Waals surface area contributed by atoms with E-state index >= 15 is 0 Å². The van der Waals surface area contributed by atoms with Crippen molar-refractivity contribution in [3.8, 4) is 0 Å². The highest BCUT2D eigenvalue weighted by atomic mass is 19.1. The Labute approximate surface area is 102 Å². The molecule has 1 aliphatic carbocycles. The summed E-state index contributed by atoms with van der Waals surface area (Å²) >= 11 is 0. The van der Waals surface area contributed by atoms with Gasteiger partial charge in [-0.05, 0) is 36.6 Å². The van der Waals surface area contributed by atoms with Gasteiger partial charge >= 0.3 is 0 Å². The molecule has 0 heterocycles. The van der Waals surface area contributed by atoms with E-state index in [9.17, 15) is 9.18 Å². The third-order valence-electron chi connectivity index (χ3n) is 3.68. The zero-order chi connectivity index (χ0) is 12.3. The molecule has 2 heteroatoms. The van der Waals surface area contributed by atoms with Gasteiger partial charge in [0.25, 0.3) is 0 Å². The fraction of sp³-hybridized carbons (Fsp3) is 0.533. The Kier molecular flexibility index (Phi) is 3.93. The van der Waals surface area contributed by atoms with E-state index in [2.05, 4.69) is 0 Å². The Balaban J connectivity index is 2.01. The van der Waals surface area contributed by atoms with Gasteiger partial charge in [0.05, 0.1) is 0 Å². The Hall–Kier alpha value is -1.18. The summed E-state index contributed by atoms with van der Waals surface area (Å²) < 4.78 is 13.1. The molecule has 0 amide bonds. The van der Waals surface area contributed by atoms with Crippen LogP contribution in [0.2, 0.25) is 0 Å². The minimum atomic E-state index is -0.237. The van der Waals surface area contributed by atoms with Crippen LogP contribution < -0.4 is 0 Å². The smallest absolute Gasteiger partial charge is 0.163 e. The van der Waals surface area contributed by atoms with Crippen molar-refractivity contribution >= 4 is 5.78 Å². The van der Waals surface area contributed by atoms with E-state index < -0.39 is 0 Å². The van der Waals surface area contributed by atoms with Crippen molar-refractivity contribution in [3.05, 3.63) is 35.1 Å². The van der Waals surface area contributed by atoms with Crippen LogP contribution in [0.5, 0.6) is 0 Å². The first kappa shape index (κ1) is 12.3. The Morgan fingerprint density at radius 2 is 2.00 bits per heavy atom. The van der Waals surface area contributed by atoms with Crippen LogP contribution in [-0.2, 0) is 0 Å². The normalized spacial score (nSPS) is 17.1. The van der Waals surface area contributed by atoms with Crippen LogP contribution in [0.1, 0.15) is 54.4 Å². The van der Waals surface area contributed by atoms with Gasteiger partial charge < -0.3 is 0 Å². The molecule has 0 bridgehead atoms. The molecule has 0 radical (unpaired) electrons. The van der Waals surface area contributed by atoms with Gasteiger partial charge in [0.1, 0.15) is 5.82 Å². The predicted octanol–water partition coefficient (Wildman–Crippen LogP) is 4.29. The number of hydrogen-bond donors (Lipinski definition) is 0. The number of ketones is 1. The van der Waals surface area contributed by atoms with E-state index in [0.29, 0.717) is 23.5 Å². The second-order valence-corrected chi connectivity index (χ2v) is 5.10. The molecular weight excluding hydrogens is 215 g/mol. The summed E-state index contributed by atoms with van der Waals surface area (Å²) in [5.74, 6) is 0.473. The van der Waals surface area contributed by atoms with E-state index in [0.717, 1.165) is 0 Å². The van der Waals surface area contributed by atoms with Crippen molar-refractivity contribution in [3.63, 3.8) is 0 Å². The van der Waals surface area contributed by atoms with Gasteiger partial charge in [0.15, 0.2) is 5.78 Å². The Morgan fingerprint density at radius 3 is 2.65 bits per heavy atom. The van der Waals surface area contributed by atoms with Crippen LogP contribution in [0.4, 0.5) is 4.39 Å². The number of benzene rings is 1. The SMILES string of the molecule is Cc1cc(C(=O)CC2CCCCC2)ccc1F. The van der Waals surface area contributed by atoms with Crippen LogP contribution >= 0.6 is 0 Å². The maximum atomic E-state index is 13.1. The number of rotatable bonds is 3. The molecule has 92 valence electrons. The minimum Gasteiger partial charge on any atom is -0.294 e. The third kappa shape index (κ3) is 3.15. The van der Waals surface area contributed by atoms with Crippen LogP contribution in [-0.4, -0.2) is 5.78 Å². The van der Waals surface area contributed by atoms with Gasteiger partial charge in [-0.3, -0.25) is 4.79 Å². The zero-order valence-electron chi connectivity index (χ0n) is 10.3. The first-order valence-electron chi connectivity index (χ1n) is 6.46. The summed E-state index contributed by atoms with van der Waals surface area (Å²) in [6.07, 6.45) is 6.78. The highest BCUT2D eigenvalue weighted by molar-refractivity contribution is 5.96. The van der Waals surface area contributed by atoms with Crippen molar-refractivity contribution in [1.82, 2.24) is 0 Å². The maximum Gasteiger partial charge on any atom is 0.163 e. The van der Waals surface area contributed by atoms with Crippen molar-refractivity contribution in [2.45, 2.75) is 45.4 Å². The van der Waals surface area contributed by atoms with E-state index in [1.807, 2.05) is 0 Å². The number of Topliss-reactive ketones (excluding diaryl/α,β-unsaturated/α-hetero) is 1. The summed E-state index contributed by atoms with van der Waals surface area (Å²) in [4.78, 5) is 12.1. The van der Waals surface area contributed by atoms with Crippen molar-refractivity contribution < 1.29 is 9.18 Å². The maximum absolute atomic E-state index is 13.1. The van der Waals surface area contributed by atoms with Crippen molar-refractivity contribution in [2.75, 3.05) is 0 Å². The van der Waals surface area contributed by atoms with Gasteiger partial charge in [-0.25, -0.2) is 4.39 Å². The number of carbonyl (C=O) groups excluding carboxylic acids is 1. The molecule has 0 saturated heterocycles. The van der Waals surface area contributed by atoms with Gasteiger partial charge in [0.2, 0.25) is 0 Å². The number of carbonyl (C=O) groups is 1. The first-order valence-corrected chi connectivity index (χ1v) is 6.46. The second-order valence-electron chi connectivity index (χ2n) is 5.10. The van der Waals surface area contributed by atoms with Gasteiger partial charge in [-0.2, -0.15) is 0 Å². The van der Waals surface area contributed by atoms with E-state index in [1.165, 1.54) is 38.2 Å².